The molecule has 0 aromatic rings. The summed E-state index contributed by atoms with van der Waals surface area (Å²) >= 11 is 0. The van der Waals surface area contributed by atoms with E-state index in [0.717, 1.165) is 6.42 Å². The zero-order valence-corrected chi connectivity index (χ0v) is 5.65. The van der Waals surface area contributed by atoms with Crippen LogP contribution in [0, 0.1) is 0 Å². The van der Waals surface area contributed by atoms with E-state index in [1.54, 1.807) is 6.08 Å². The van der Waals surface area contributed by atoms with Crippen molar-refractivity contribution in [3.63, 3.8) is 0 Å². The summed E-state index contributed by atoms with van der Waals surface area (Å²) in [6, 6.07) is 0. The van der Waals surface area contributed by atoms with Crippen LogP contribution < -0.4 is 0 Å². The Morgan fingerprint density at radius 3 is 2.38 bits per heavy atom. The number of rotatable bonds is 3. The summed E-state index contributed by atoms with van der Waals surface area (Å²) in [4.78, 5) is 0. The Labute approximate surface area is 51.0 Å². The first-order valence-electron chi connectivity index (χ1n) is 2.95. The molecule has 1 N–H and O–H groups in total. The quantitative estimate of drug-likeness (QED) is 0.554. The van der Waals surface area contributed by atoms with E-state index in [9.17, 15) is 5.11 Å². The van der Waals surface area contributed by atoms with Gasteiger partial charge >= 0.3 is 0 Å². The molecule has 1 nitrogen and oxygen atoms in total. The Bertz CT molecular complexity index is 74.5. The van der Waals surface area contributed by atoms with E-state index in [4.69, 9.17) is 0 Å². The van der Waals surface area contributed by atoms with E-state index in [0.29, 0.717) is 6.42 Å². The Morgan fingerprint density at radius 2 is 2.25 bits per heavy atom. The van der Waals surface area contributed by atoms with E-state index >= 15 is 0 Å². The predicted molar refractivity (Wildman–Crippen MR) is 35.7 cm³/mol. The largest absolute Gasteiger partial charge is 0.390 e. The topological polar surface area (TPSA) is 20.2 Å². The minimum atomic E-state index is -0.526. The van der Waals surface area contributed by atoms with Crippen molar-refractivity contribution >= 4 is 0 Å². The second-order valence-corrected chi connectivity index (χ2v) is 2.34. The third kappa shape index (κ3) is 2.80. The van der Waals surface area contributed by atoms with Gasteiger partial charge in [-0.1, -0.05) is 13.0 Å². The lowest BCUT2D eigenvalue weighted by atomic mass is 10.00. The van der Waals surface area contributed by atoms with Gasteiger partial charge in [0.15, 0.2) is 0 Å². The molecule has 0 saturated heterocycles. The maximum atomic E-state index is 9.25. The van der Waals surface area contributed by atoms with Crippen LogP contribution in [0.3, 0.4) is 0 Å². The van der Waals surface area contributed by atoms with E-state index < -0.39 is 5.60 Å². The van der Waals surface area contributed by atoms with Crippen molar-refractivity contribution in [3.05, 3.63) is 12.7 Å². The standard InChI is InChI=1S/C7H14O/c1-4-6-7(3,8)5-2/h4,8H,1,5-6H2,2-3H3. The highest BCUT2D eigenvalue weighted by Crippen LogP contribution is 2.12. The first-order valence-corrected chi connectivity index (χ1v) is 2.95. The smallest absolute Gasteiger partial charge is 0.0651 e. The third-order valence-electron chi connectivity index (χ3n) is 1.35. The van der Waals surface area contributed by atoms with Crippen molar-refractivity contribution < 1.29 is 5.11 Å². The van der Waals surface area contributed by atoms with Gasteiger partial charge < -0.3 is 5.11 Å². The van der Waals surface area contributed by atoms with E-state index in [2.05, 4.69) is 6.58 Å². The van der Waals surface area contributed by atoms with Crippen molar-refractivity contribution in [1.82, 2.24) is 0 Å². The molecule has 0 amide bonds. The molecule has 8 heavy (non-hydrogen) atoms. The molecular formula is C7H14O. The second-order valence-electron chi connectivity index (χ2n) is 2.34. The Balaban J connectivity index is 3.53. The van der Waals surface area contributed by atoms with E-state index in [1.807, 2.05) is 13.8 Å². The average Bonchev–Trinajstić information content (AvgIpc) is 1.67. The summed E-state index contributed by atoms with van der Waals surface area (Å²) < 4.78 is 0. The highest BCUT2D eigenvalue weighted by atomic mass is 16.3. The normalized spacial score (nSPS) is 17.4. The van der Waals surface area contributed by atoms with Crippen LogP contribution in [0.25, 0.3) is 0 Å². The van der Waals surface area contributed by atoms with Gasteiger partial charge in [0, 0.05) is 0 Å². The molecule has 0 bridgehead atoms. The molecule has 0 aliphatic rings. The van der Waals surface area contributed by atoms with Gasteiger partial charge in [-0.3, -0.25) is 0 Å². The van der Waals surface area contributed by atoms with Gasteiger partial charge in [-0.15, -0.1) is 6.58 Å². The molecule has 0 fully saturated rings. The maximum absolute atomic E-state index is 9.25. The minimum Gasteiger partial charge on any atom is -0.390 e. The fourth-order valence-electron chi connectivity index (χ4n) is 0.455. The fraction of sp³-hybridized carbons (Fsp3) is 0.714. The maximum Gasteiger partial charge on any atom is 0.0651 e. The molecule has 1 atom stereocenters. The van der Waals surface area contributed by atoms with E-state index in [1.165, 1.54) is 0 Å². The molecule has 0 heterocycles. The van der Waals surface area contributed by atoms with Gasteiger partial charge in [-0.25, -0.2) is 0 Å². The van der Waals surface area contributed by atoms with Crippen molar-refractivity contribution in [3.8, 4) is 0 Å². The molecular weight excluding hydrogens is 100 g/mol. The molecule has 0 saturated carbocycles. The van der Waals surface area contributed by atoms with E-state index in [-0.39, 0.29) is 0 Å². The predicted octanol–water partition coefficient (Wildman–Crippen LogP) is 1.72. The number of aliphatic hydroxyl groups is 1. The van der Waals surface area contributed by atoms with Gasteiger partial charge in [-0.2, -0.15) is 0 Å². The lowest BCUT2D eigenvalue weighted by Gasteiger charge is -2.17. The molecule has 0 spiro atoms. The van der Waals surface area contributed by atoms with Gasteiger partial charge in [0.05, 0.1) is 5.60 Å². The first-order chi connectivity index (χ1) is 3.62. The number of hydrogen-bond acceptors (Lipinski definition) is 1. The van der Waals surface area contributed by atoms with Gasteiger partial charge in [0.25, 0.3) is 0 Å². The van der Waals surface area contributed by atoms with Crippen LogP contribution in [-0.4, -0.2) is 10.7 Å². The molecule has 0 aromatic heterocycles. The first kappa shape index (κ1) is 7.70. The van der Waals surface area contributed by atoms with Crippen molar-refractivity contribution in [2.45, 2.75) is 32.3 Å². The van der Waals surface area contributed by atoms with Gasteiger partial charge in [-0.05, 0) is 19.8 Å². The Kier molecular flexibility index (Phi) is 2.77. The second kappa shape index (κ2) is 2.88. The van der Waals surface area contributed by atoms with Crippen LogP contribution in [0.15, 0.2) is 12.7 Å². The van der Waals surface area contributed by atoms with Crippen LogP contribution in [0.2, 0.25) is 0 Å². The summed E-state index contributed by atoms with van der Waals surface area (Å²) in [7, 11) is 0. The Hall–Kier alpha value is -0.300. The molecule has 0 aliphatic heterocycles. The van der Waals surface area contributed by atoms with Gasteiger partial charge in [0.1, 0.15) is 0 Å². The summed E-state index contributed by atoms with van der Waals surface area (Å²) in [5, 5.41) is 9.25. The van der Waals surface area contributed by atoms with Crippen LogP contribution in [-0.2, 0) is 0 Å². The fourth-order valence-corrected chi connectivity index (χ4v) is 0.455. The zero-order chi connectivity index (χ0) is 6.62. The number of hydrogen-bond donors (Lipinski definition) is 1. The van der Waals surface area contributed by atoms with Crippen molar-refractivity contribution in [2.24, 2.45) is 0 Å². The summed E-state index contributed by atoms with van der Waals surface area (Å²) in [6.45, 7) is 7.31. The van der Waals surface area contributed by atoms with Crippen LogP contribution >= 0.6 is 0 Å². The van der Waals surface area contributed by atoms with Crippen molar-refractivity contribution in [2.75, 3.05) is 0 Å². The SMILES string of the molecule is C=CCC(C)(O)CC. The van der Waals surface area contributed by atoms with Crippen LogP contribution in [0.1, 0.15) is 26.7 Å². The molecule has 1 unspecified atom stereocenters. The minimum absolute atomic E-state index is 0.526. The summed E-state index contributed by atoms with van der Waals surface area (Å²) in [5.74, 6) is 0. The lowest BCUT2D eigenvalue weighted by Crippen LogP contribution is -2.20. The molecule has 0 aliphatic carbocycles. The summed E-state index contributed by atoms with van der Waals surface area (Å²) in [5.41, 5.74) is -0.526. The van der Waals surface area contributed by atoms with Crippen molar-refractivity contribution in [1.29, 1.82) is 0 Å². The monoisotopic (exact) mass is 114 g/mol. The molecule has 0 aromatic carbocycles. The third-order valence-corrected chi connectivity index (χ3v) is 1.35. The molecule has 0 radical (unpaired) electrons. The van der Waals surface area contributed by atoms with Gasteiger partial charge in [0.2, 0.25) is 0 Å². The average molecular weight is 114 g/mol. The lowest BCUT2D eigenvalue weighted by molar-refractivity contribution is 0.0593. The van der Waals surface area contributed by atoms with Crippen LogP contribution in [0.5, 0.6) is 0 Å². The molecule has 48 valence electrons. The summed E-state index contributed by atoms with van der Waals surface area (Å²) in [6.07, 6.45) is 3.21. The highest BCUT2D eigenvalue weighted by molar-refractivity contribution is 4.80. The Morgan fingerprint density at radius 1 is 1.75 bits per heavy atom. The highest BCUT2D eigenvalue weighted by Gasteiger charge is 2.13. The molecule has 1 heteroatoms. The van der Waals surface area contributed by atoms with Crippen LogP contribution in [0.4, 0.5) is 0 Å². The molecule has 0 rings (SSSR count). The zero-order valence-electron chi connectivity index (χ0n) is 5.65.